The molecule has 1 aromatic heterocycles. The second-order valence-electron chi connectivity index (χ2n) is 5.04. The smallest absolute Gasteiger partial charge is 0.287 e. The summed E-state index contributed by atoms with van der Waals surface area (Å²) in [4.78, 5) is 14.7. The number of nitrogens with one attached hydrogen (secondary N) is 2. The van der Waals surface area contributed by atoms with E-state index in [1.54, 1.807) is 25.6 Å². The highest BCUT2D eigenvalue weighted by Gasteiger charge is 2.07. The van der Waals surface area contributed by atoms with Crippen molar-refractivity contribution in [2.45, 2.75) is 19.8 Å². The molecule has 0 unspecified atom stereocenters. The summed E-state index contributed by atoms with van der Waals surface area (Å²) in [6.07, 6.45) is 5.30. The molecule has 128 valence electrons. The highest BCUT2D eigenvalue weighted by atomic mass is 79.9. The van der Waals surface area contributed by atoms with Crippen LogP contribution < -0.4 is 14.9 Å². The topological polar surface area (TPSA) is 75.7 Å². The van der Waals surface area contributed by atoms with Gasteiger partial charge in [0.25, 0.3) is 5.91 Å². The zero-order valence-corrected chi connectivity index (χ0v) is 15.2. The maximum absolute atomic E-state index is 11.9. The van der Waals surface area contributed by atoms with Gasteiger partial charge in [0.2, 0.25) is 0 Å². The molecular formula is C17H20BrN3O3. The monoisotopic (exact) mass is 393 g/mol. The lowest BCUT2D eigenvalue weighted by Crippen LogP contribution is -2.17. The SMILES string of the molecule is CCCCOc1ccc(/C=N\NC(=O)c2cc(Br)c[nH]2)cc1OC. The summed E-state index contributed by atoms with van der Waals surface area (Å²) in [7, 11) is 1.59. The van der Waals surface area contributed by atoms with Crippen molar-refractivity contribution in [1.29, 1.82) is 0 Å². The van der Waals surface area contributed by atoms with Gasteiger partial charge in [-0.2, -0.15) is 5.10 Å². The summed E-state index contributed by atoms with van der Waals surface area (Å²) < 4.78 is 11.8. The van der Waals surface area contributed by atoms with Crippen LogP contribution >= 0.6 is 15.9 Å². The van der Waals surface area contributed by atoms with Crippen LogP contribution in [-0.2, 0) is 0 Å². The van der Waals surface area contributed by atoms with E-state index < -0.39 is 0 Å². The van der Waals surface area contributed by atoms with E-state index in [1.165, 1.54) is 0 Å². The standard InChI is InChI=1S/C17H20BrN3O3/c1-3-4-7-24-15-6-5-12(8-16(15)23-2)10-20-21-17(22)14-9-13(18)11-19-14/h5-6,8-11,19H,3-4,7H2,1-2H3,(H,21,22)/b20-10-. The first-order valence-corrected chi connectivity index (χ1v) is 8.41. The number of nitrogens with zero attached hydrogens (tertiary/aromatic N) is 1. The Morgan fingerprint density at radius 1 is 1.38 bits per heavy atom. The average molecular weight is 394 g/mol. The van der Waals surface area contributed by atoms with Crippen LogP contribution in [0.5, 0.6) is 11.5 Å². The van der Waals surface area contributed by atoms with Gasteiger partial charge in [0.15, 0.2) is 11.5 Å². The maximum Gasteiger partial charge on any atom is 0.287 e. The number of hydrazone groups is 1. The molecule has 1 aromatic carbocycles. The number of benzene rings is 1. The summed E-state index contributed by atoms with van der Waals surface area (Å²) in [5, 5.41) is 3.95. The third-order valence-corrected chi connectivity index (χ3v) is 3.67. The highest BCUT2D eigenvalue weighted by molar-refractivity contribution is 9.10. The molecule has 24 heavy (non-hydrogen) atoms. The van der Waals surface area contributed by atoms with Gasteiger partial charge in [0.05, 0.1) is 19.9 Å². The van der Waals surface area contributed by atoms with Crippen molar-refractivity contribution < 1.29 is 14.3 Å². The number of rotatable bonds is 8. The molecule has 0 aliphatic heterocycles. The summed E-state index contributed by atoms with van der Waals surface area (Å²) >= 11 is 3.27. The lowest BCUT2D eigenvalue weighted by Gasteiger charge is -2.10. The van der Waals surface area contributed by atoms with Crippen LogP contribution in [0.4, 0.5) is 0 Å². The third-order valence-electron chi connectivity index (χ3n) is 3.22. The van der Waals surface area contributed by atoms with E-state index in [0.29, 0.717) is 23.8 Å². The Morgan fingerprint density at radius 2 is 2.21 bits per heavy atom. The molecule has 6 nitrogen and oxygen atoms in total. The number of hydrogen-bond acceptors (Lipinski definition) is 4. The number of hydrogen-bond donors (Lipinski definition) is 2. The van der Waals surface area contributed by atoms with Crippen LogP contribution in [0, 0.1) is 0 Å². The normalized spacial score (nSPS) is 10.8. The summed E-state index contributed by atoms with van der Waals surface area (Å²) in [5.74, 6) is 1.02. The maximum atomic E-state index is 11.9. The molecule has 1 heterocycles. The molecule has 0 atom stereocenters. The molecule has 2 rings (SSSR count). The minimum absolute atomic E-state index is 0.316. The van der Waals surface area contributed by atoms with E-state index in [9.17, 15) is 4.79 Å². The van der Waals surface area contributed by atoms with Gasteiger partial charge < -0.3 is 14.5 Å². The predicted octanol–water partition coefficient (Wildman–Crippen LogP) is 3.73. The fourth-order valence-electron chi connectivity index (χ4n) is 1.93. The Labute approximate surface area is 149 Å². The molecule has 2 N–H and O–H groups in total. The van der Waals surface area contributed by atoms with Crippen molar-refractivity contribution in [3.63, 3.8) is 0 Å². The molecule has 0 aliphatic carbocycles. The lowest BCUT2D eigenvalue weighted by atomic mass is 10.2. The Morgan fingerprint density at radius 3 is 2.88 bits per heavy atom. The number of H-pyrrole nitrogens is 1. The van der Waals surface area contributed by atoms with Crippen molar-refractivity contribution in [3.8, 4) is 11.5 Å². The minimum Gasteiger partial charge on any atom is -0.493 e. The van der Waals surface area contributed by atoms with Crippen LogP contribution in [0.25, 0.3) is 0 Å². The minimum atomic E-state index is -0.316. The van der Waals surface area contributed by atoms with E-state index in [4.69, 9.17) is 9.47 Å². The fraction of sp³-hybridized carbons (Fsp3) is 0.294. The number of aromatic nitrogens is 1. The molecular weight excluding hydrogens is 374 g/mol. The first kappa shape index (κ1) is 18.1. The van der Waals surface area contributed by atoms with Crippen molar-refractivity contribution in [3.05, 3.63) is 46.2 Å². The van der Waals surface area contributed by atoms with E-state index in [0.717, 1.165) is 22.9 Å². The number of halogens is 1. The number of aromatic amines is 1. The number of carbonyl (C=O) groups excluding carboxylic acids is 1. The molecule has 0 radical (unpaired) electrons. The molecule has 2 aromatic rings. The fourth-order valence-corrected chi connectivity index (χ4v) is 2.28. The second-order valence-corrected chi connectivity index (χ2v) is 5.96. The lowest BCUT2D eigenvalue weighted by molar-refractivity contribution is 0.0951. The molecule has 7 heteroatoms. The highest BCUT2D eigenvalue weighted by Crippen LogP contribution is 2.27. The van der Waals surface area contributed by atoms with Crippen LogP contribution in [0.1, 0.15) is 35.8 Å². The Kier molecular flexibility index (Phi) is 6.87. The molecule has 1 amide bonds. The quantitative estimate of drug-likeness (QED) is 0.407. The number of ether oxygens (including phenoxy) is 2. The molecule has 0 bridgehead atoms. The van der Waals surface area contributed by atoms with Gasteiger partial charge in [-0.1, -0.05) is 13.3 Å². The van der Waals surface area contributed by atoms with Gasteiger partial charge in [-0.25, -0.2) is 5.43 Å². The molecule has 0 fully saturated rings. The number of unbranched alkanes of at least 4 members (excludes halogenated alkanes) is 1. The Bertz CT molecular complexity index is 713. The summed E-state index contributed by atoms with van der Waals surface area (Å²) in [5.41, 5.74) is 3.68. The first-order chi connectivity index (χ1) is 11.6. The third kappa shape index (κ3) is 5.13. The average Bonchev–Trinajstić information content (AvgIpc) is 3.02. The first-order valence-electron chi connectivity index (χ1n) is 7.62. The van der Waals surface area contributed by atoms with E-state index >= 15 is 0 Å². The number of amides is 1. The Balaban J connectivity index is 1.97. The van der Waals surface area contributed by atoms with Gasteiger partial charge in [-0.05, 0) is 52.2 Å². The van der Waals surface area contributed by atoms with Crippen LogP contribution in [0.2, 0.25) is 0 Å². The van der Waals surface area contributed by atoms with Crippen molar-refractivity contribution >= 4 is 28.1 Å². The van der Waals surface area contributed by atoms with E-state index in [1.807, 2.05) is 18.2 Å². The van der Waals surface area contributed by atoms with E-state index in [-0.39, 0.29) is 5.91 Å². The van der Waals surface area contributed by atoms with Crippen LogP contribution in [0.3, 0.4) is 0 Å². The second kappa shape index (κ2) is 9.12. The van der Waals surface area contributed by atoms with Crippen molar-refractivity contribution in [1.82, 2.24) is 10.4 Å². The molecule has 0 aliphatic rings. The van der Waals surface area contributed by atoms with E-state index in [2.05, 4.69) is 38.4 Å². The molecule has 0 spiro atoms. The Hall–Kier alpha value is -2.28. The van der Waals surface area contributed by atoms with Gasteiger partial charge >= 0.3 is 0 Å². The number of methoxy groups -OCH3 is 1. The zero-order valence-electron chi connectivity index (χ0n) is 13.6. The zero-order chi connectivity index (χ0) is 17.4. The van der Waals surface area contributed by atoms with Crippen molar-refractivity contribution in [2.24, 2.45) is 5.10 Å². The molecule has 0 saturated heterocycles. The van der Waals surface area contributed by atoms with Crippen molar-refractivity contribution in [2.75, 3.05) is 13.7 Å². The van der Waals surface area contributed by atoms with Gasteiger partial charge in [0.1, 0.15) is 5.69 Å². The van der Waals surface area contributed by atoms with Gasteiger partial charge in [0, 0.05) is 10.7 Å². The van der Waals surface area contributed by atoms with Crippen LogP contribution in [0.15, 0.2) is 40.0 Å². The van der Waals surface area contributed by atoms with Gasteiger partial charge in [-0.15, -0.1) is 0 Å². The van der Waals surface area contributed by atoms with Gasteiger partial charge in [-0.3, -0.25) is 4.79 Å². The number of carbonyl (C=O) groups is 1. The largest absolute Gasteiger partial charge is 0.493 e. The molecule has 0 saturated carbocycles. The summed E-state index contributed by atoms with van der Waals surface area (Å²) in [6.45, 7) is 2.77. The van der Waals surface area contributed by atoms with Crippen LogP contribution in [-0.4, -0.2) is 30.8 Å². The summed E-state index contributed by atoms with van der Waals surface area (Å²) in [6, 6.07) is 7.17. The predicted molar refractivity (Wildman–Crippen MR) is 96.9 cm³/mol.